The van der Waals surface area contributed by atoms with Crippen LogP contribution in [0.3, 0.4) is 0 Å². The van der Waals surface area contributed by atoms with E-state index in [1.54, 1.807) is 10.4 Å². The number of hydrogen-bond acceptors (Lipinski definition) is 0. The van der Waals surface area contributed by atoms with Gasteiger partial charge in [-0.15, -0.1) is 0 Å². The first-order valence-electron chi connectivity index (χ1n) is 11.2. The molecule has 2 aromatic carbocycles. The minimum Gasteiger partial charge on any atom is -0.0877 e. The van der Waals surface area contributed by atoms with Crippen molar-refractivity contribution in [3.05, 3.63) is 81.1 Å². The number of hydrogen-bond donors (Lipinski definition) is 0. The van der Waals surface area contributed by atoms with Crippen LogP contribution >= 0.6 is 0 Å². The van der Waals surface area contributed by atoms with E-state index >= 15 is 0 Å². The summed E-state index contributed by atoms with van der Waals surface area (Å²) in [6, 6.07) is 5.00. The first-order chi connectivity index (χ1) is 14.3. The fourth-order valence-corrected chi connectivity index (χ4v) is 9.86. The summed E-state index contributed by atoms with van der Waals surface area (Å²) >= 11 is 0. The maximum Gasteiger partial charge on any atom is 0.113 e. The summed E-state index contributed by atoms with van der Waals surface area (Å²) in [6.07, 6.45) is 14.7. The monoisotopic (exact) mass is 410 g/mol. The molecule has 0 N–H and O–H groups in total. The highest BCUT2D eigenvalue weighted by molar-refractivity contribution is 6.99. The Morgan fingerprint density at radius 3 is 2.13 bits per heavy atom. The van der Waals surface area contributed by atoms with E-state index in [9.17, 15) is 0 Å². The molecule has 0 unspecified atom stereocenters. The minimum atomic E-state index is -1.72. The normalized spacial score (nSPS) is 18.1. The van der Waals surface area contributed by atoms with Gasteiger partial charge in [0, 0.05) is 0 Å². The van der Waals surface area contributed by atoms with Gasteiger partial charge in [-0.3, -0.25) is 0 Å². The molecular weight excluding hydrogens is 376 g/mol. The summed E-state index contributed by atoms with van der Waals surface area (Å²) in [5.41, 5.74) is 11.7. The maximum atomic E-state index is 2.53. The van der Waals surface area contributed by atoms with Crippen molar-refractivity contribution in [3.8, 4) is 0 Å². The van der Waals surface area contributed by atoms with Crippen molar-refractivity contribution >= 4 is 41.3 Å². The molecule has 30 heavy (non-hydrogen) atoms. The molecule has 0 amide bonds. The van der Waals surface area contributed by atoms with Crippen LogP contribution in [0.15, 0.2) is 53.3 Å². The Labute approximate surface area is 183 Å². The van der Waals surface area contributed by atoms with Crippen molar-refractivity contribution in [2.75, 3.05) is 0 Å². The topological polar surface area (TPSA) is 0 Å². The van der Waals surface area contributed by atoms with Gasteiger partial charge in [0.05, 0.1) is 0 Å². The molecule has 0 spiro atoms. The molecule has 0 radical (unpaired) electrons. The standard InChI is InChI=1S/C29H34Si/c1-9-12-22-18(4)15-21-16-26-25(17-24(21)22)23(13-10-2)19(5)29-28(26)20(6)27(14-11-3)30(29,7)8/h9-14,16-17H,15H2,1-8H3/b12-9-,13-10-,14-11-. The van der Waals surface area contributed by atoms with Gasteiger partial charge in [-0.2, -0.15) is 0 Å². The molecule has 1 heterocycles. The van der Waals surface area contributed by atoms with Crippen molar-refractivity contribution in [1.82, 2.24) is 0 Å². The minimum absolute atomic E-state index is 1.07. The molecule has 0 saturated carbocycles. The third-order valence-electron chi connectivity index (χ3n) is 7.11. The first kappa shape index (κ1) is 20.9. The van der Waals surface area contributed by atoms with Crippen molar-refractivity contribution in [3.63, 3.8) is 0 Å². The number of allylic oxidation sites excluding steroid dienone is 9. The zero-order valence-electron chi connectivity index (χ0n) is 19.8. The molecule has 2 aliphatic rings. The van der Waals surface area contributed by atoms with E-state index in [1.807, 2.05) is 0 Å². The molecule has 0 bridgehead atoms. The second-order valence-electron chi connectivity index (χ2n) is 9.38. The average Bonchev–Trinajstić information content (AvgIpc) is 3.10. The Morgan fingerprint density at radius 2 is 1.50 bits per heavy atom. The van der Waals surface area contributed by atoms with Gasteiger partial charge in [-0.1, -0.05) is 60.3 Å². The van der Waals surface area contributed by atoms with Crippen LogP contribution in [0.2, 0.25) is 13.1 Å². The Morgan fingerprint density at radius 1 is 0.833 bits per heavy atom. The number of fused-ring (bicyclic) bond motifs is 4. The largest absolute Gasteiger partial charge is 0.113 e. The average molecular weight is 411 g/mol. The predicted octanol–water partition coefficient (Wildman–Crippen LogP) is 7.90. The lowest BCUT2D eigenvalue weighted by Gasteiger charge is -2.25. The Bertz CT molecular complexity index is 1220. The van der Waals surface area contributed by atoms with Crippen LogP contribution in [0.1, 0.15) is 62.4 Å². The van der Waals surface area contributed by atoms with Gasteiger partial charge < -0.3 is 0 Å². The van der Waals surface area contributed by atoms with Crippen LogP contribution in [0.25, 0.3) is 28.0 Å². The predicted molar refractivity (Wildman–Crippen MR) is 139 cm³/mol. The van der Waals surface area contributed by atoms with Crippen LogP contribution in [0.4, 0.5) is 0 Å². The van der Waals surface area contributed by atoms with E-state index < -0.39 is 8.07 Å². The van der Waals surface area contributed by atoms with Gasteiger partial charge in [0.25, 0.3) is 0 Å². The maximum absolute atomic E-state index is 2.53. The lowest BCUT2D eigenvalue weighted by atomic mass is 9.88. The molecular formula is C29H34Si. The molecule has 0 fully saturated rings. The lowest BCUT2D eigenvalue weighted by molar-refractivity contribution is 1.20. The second kappa shape index (κ2) is 7.39. The molecule has 0 atom stereocenters. The summed E-state index contributed by atoms with van der Waals surface area (Å²) < 4.78 is 0. The Balaban J connectivity index is 2.17. The molecule has 154 valence electrons. The molecule has 4 rings (SSSR count). The van der Waals surface area contributed by atoms with E-state index in [-0.39, 0.29) is 0 Å². The fourth-order valence-electron chi connectivity index (χ4n) is 5.93. The zero-order valence-corrected chi connectivity index (χ0v) is 20.8. The SMILES string of the molecule is C/C=C\C1=C(C)Cc2cc3c4c(c(C)c(/C=C\C)c3cc21)[Si](C)(C)C(/C=C\C)=C4C. The van der Waals surface area contributed by atoms with Crippen molar-refractivity contribution < 1.29 is 0 Å². The molecule has 0 nitrogen and oxygen atoms in total. The number of benzene rings is 2. The third kappa shape index (κ3) is 2.79. The summed E-state index contributed by atoms with van der Waals surface area (Å²) in [5.74, 6) is 0. The summed E-state index contributed by atoms with van der Waals surface area (Å²) in [6.45, 7) is 18.4. The highest BCUT2D eigenvalue weighted by atomic mass is 28.3. The van der Waals surface area contributed by atoms with E-state index in [2.05, 4.69) is 103 Å². The van der Waals surface area contributed by atoms with Gasteiger partial charge in [-0.25, -0.2) is 0 Å². The summed E-state index contributed by atoms with van der Waals surface area (Å²) in [7, 11) is -1.72. The molecule has 1 aliphatic carbocycles. The lowest BCUT2D eigenvalue weighted by Crippen LogP contribution is -2.43. The van der Waals surface area contributed by atoms with Crippen LogP contribution in [0, 0.1) is 6.92 Å². The molecule has 1 heteroatoms. The van der Waals surface area contributed by atoms with Crippen molar-refractivity contribution in [2.24, 2.45) is 0 Å². The van der Waals surface area contributed by atoms with E-state index in [4.69, 9.17) is 0 Å². The Kier molecular flexibility index (Phi) is 5.14. The van der Waals surface area contributed by atoms with E-state index in [0.29, 0.717) is 0 Å². The van der Waals surface area contributed by atoms with Crippen LogP contribution in [0.5, 0.6) is 0 Å². The van der Waals surface area contributed by atoms with Gasteiger partial charge in [0.1, 0.15) is 8.07 Å². The summed E-state index contributed by atoms with van der Waals surface area (Å²) in [5, 5.41) is 6.09. The highest BCUT2D eigenvalue weighted by Gasteiger charge is 2.40. The quantitative estimate of drug-likeness (QED) is 0.451. The molecule has 0 saturated heterocycles. The molecule has 0 aromatic heterocycles. The van der Waals surface area contributed by atoms with Gasteiger partial charge in [-0.05, 0) is 115 Å². The fraction of sp³-hybridized carbons (Fsp3) is 0.310. The third-order valence-corrected chi connectivity index (χ3v) is 10.9. The van der Waals surface area contributed by atoms with Gasteiger partial charge in [0.2, 0.25) is 0 Å². The number of rotatable bonds is 3. The molecule has 2 aromatic rings. The van der Waals surface area contributed by atoms with E-state index in [0.717, 1.165) is 6.42 Å². The van der Waals surface area contributed by atoms with Crippen molar-refractivity contribution in [1.29, 1.82) is 0 Å². The zero-order chi connectivity index (χ0) is 21.8. The Hall–Kier alpha value is -2.38. The van der Waals surface area contributed by atoms with Crippen LogP contribution in [-0.2, 0) is 6.42 Å². The van der Waals surface area contributed by atoms with Gasteiger partial charge in [0.15, 0.2) is 0 Å². The van der Waals surface area contributed by atoms with Crippen LogP contribution < -0.4 is 5.19 Å². The van der Waals surface area contributed by atoms with Crippen LogP contribution in [-0.4, -0.2) is 8.07 Å². The van der Waals surface area contributed by atoms with Gasteiger partial charge >= 0.3 is 0 Å². The smallest absolute Gasteiger partial charge is 0.0877 e. The highest BCUT2D eigenvalue weighted by Crippen LogP contribution is 2.44. The van der Waals surface area contributed by atoms with E-state index in [1.165, 1.54) is 55.3 Å². The van der Waals surface area contributed by atoms with Crippen molar-refractivity contribution in [2.45, 2.75) is 61.1 Å². The second-order valence-corrected chi connectivity index (χ2v) is 13.7. The summed E-state index contributed by atoms with van der Waals surface area (Å²) in [4.78, 5) is 0. The molecule has 1 aliphatic heterocycles. The first-order valence-corrected chi connectivity index (χ1v) is 14.2.